The van der Waals surface area contributed by atoms with Crippen molar-refractivity contribution in [3.05, 3.63) is 33.8 Å². The van der Waals surface area contributed by atoms with Crippen LogP contribution >= 0.6 is 15.9 Å². The van der Waals surface area contributed by atoms with Crippen LogP contribution in [-0.2, 0) is 0 Å². The molecule has 1 heterocycles. The van der Waals surface area contributed by atoms with E-state index in [-0.39, 0.29) is 11.9 Å². The Balaban J connectivity index is 2.09. The van der Waals surface area contributed by atoms with Crippen LogP contribution in [0, 0.1) is 12.8 Å². The van der Waals surface area contributed by atoms with Crippen molar-refractivity contribution in [3.8, 4) is 0 Å². The Hall–Kier alpha value is -0.870. The molecule has 0 bridgehead atoms. The van der Waals surface area contributed by atoms with Gasteiger partial charge in [0.15, 0.2) is 0 Å². The second kappa shape index (κ2) is 5.85. The SMILES string of the molecule is Cc1c(Br)cccc1C(=O)NC1CNCCC1C. The molecule has 2 N–H and O–H groups in total. The molecular weight excluding hydrogens is 292 g/mol. The summed E-state index contributed by atoms with van der Waals surface area (Å²) in [5.74, 6) is 0.553. The van der Waals surface area contributed by atoms with Gasteiger partial charge in [0.05, 0.1) is 0 Å². The minimum atomic E-state index is 0.0225. The van der Waals surface area contributed by atoms with Crippen LogP contribution in [0.2, 0.25) is 0 Å². The molecule has 98 valence electrons. The number of rotatable bonds is 2. The lowest BCUT2D eigenvalue weighted by Gasteiger charge is -2.30. The molecule has 0 spiro atoms. The molecule has 1 amide bonds. The predicted molar refractivity (Wildman–Crippen MR) is 76.8 cm³/mol. The van der Waals surface area contributed by atoms with Crippen molar-refractivity contribution >= 4 is 21.8 Å². The maximum Gasteiger partial charge on any atom is 0.251 e. The van der Waals surface area contributed by atoms with Crippen LogP contribution in [0.3, 0.4) is 0 Å². The molecule has 1 fully saturated rings. The summed E-state index contributed by atoms with van der Waals surface area (Å²) >= 11 is 3.46. The summed E-state index contributed by atoms with van der Waals surface area (Å²) in [6.45, 7) is 6.06. The zero-order valence-corrected chi connectivity index (χ0v) is 12.4. The Kier molecular flexibility index (Phi) is 4.40. The summed E-state index contributed by atoms with van der Waals surface area (Å²) < 4.78 is 0.977. The van der Waals surface area contributed by atoms with Gasteiger partial charge in [-0.25, -0.2) is 0 Å². The van der Waals surface area contributed by atoms with E-state index in [1.165, 1.54) is 0 Å². The van der Waals surface area contributed by atoms with Crippen LogP contribution in [0.15, 0.2) is 22.7 Å². The molecule has 18 heavy (non-hydrogen) atoms. The first kappa shape index (κ1) is 13.6. The van der Waals surface area contributed by atoms with Crippen LogP contribution in [0.4, 0.5) is 0 Å². The van der Waals surface area contributed by atoms with Gasteiger partial charge in [0.2, 0.25) is 0 Å². The average molecular weight is 311 g/mol. The van der Waals surface area contributed by atoms with E-state index in [1.807, 2.05) is 25.1 Å². The predicted octanol–water partition coefficient (Wildman–Crippen LogP) is 2.49. The summed E-state index contributed by atoms with van der Waals surface area (Å²) in [5.41, 5.74) is 1.74. The molecule has 1 aromatic carbocycles. The highest BCUT2D eigenvalue weighted by molar-refractivity contribution is 9.10. The number of amides is 1. The minimum absolute atomic E-state index is 0.0225. The van der Waals surface area contributed by atoms with Gasteiger partial charge >= 0.3 is 0 Å². The quantitative estimate of drug-likeness (QED) is 0.881. The van der Waals surface area contributed by atoms with Crippen molar-refractivity contribution in [2.24, 2.45) is 5.92 Å². The van der Waals surface area contributed by atoms with Gasteiger partial charge in [-0.1, -0.05) is 28.9 Å². The Labute approximate surface area is 116 Å². The summed E-state index contributed by atoms with van der Waals surface area (Å²) in [6.07, 6.45) is 1.11. The summed E-state index contributed by atoms with van der Waals surface area (Å²) in [7, 11) is 0. The van der Waals surface area contributed by atoms with Gasteiger partial charge in [-0.05, 0) is 43.5 Å². The van der Waals surface area contributed by atoms with Crippen LogP contribution in [0.25, 0.3) is 0 Å². The molecule has 4 heteroatoms. The van der Waals surface area contributed by atoms with Crippen LogP contribution in [-0.4, -0.2) is 25.0 Å². The van der Waals surface area contributed by atoms with Gasteiger partial charge in [0, 0.05) is 22.6 Å². The second-order valence-electron chi connectivity index (χ2n) is 4.96. The highest BCUT2D eigenvalue weighted by Gasteiger charge is 2.23. The lowest BCUT2D eigenvalue weighted by Crippen LogP contribution is -2.50. The fourth-order valence-corrected chi connectivity index (χ4v) is 2.65. The van der Waals surface area contributed by atoms with Crippen LogP contribution in [0.5, 0.6) is 0 Å². The van der Waals surface area contributed by atoms with E-state index >= 15 is 0 Å². The minimum Gasteiger partial charge on any atom is -0.348 e. The van der Waals surface area contributed by atoms with E-state index in [0.717, 1.165) is 35.1 Å². The molecule has 2 rings (SSSR count). The zero-order valence-electron chi connectivity index (χ0n) is 10.8. The van der Waals surface area contributed by atoms with E-state index < -0.39 is 0 Å². The highest BCUT2D eigenvalue weighted by Crippen LogP contribution is 2.20. The maximum absolute atomic E-state index is 12.3. The summed E-state index contributed by atoms with van der Waals surface area (Å²) in [5, 5.41) is 6.45. The number of benzene rings is 1. The van der Waals surface area contributed by atoms with Gasteiger partial charge in [-0.15, -0.1) is 0 Å². The molecule has 1 saturated heterocycles. The first-order valence-electron chi connectivity index (χ1n) is 6.36. The van der Waals surface area contributed by atoms with E-state index in [9.17, 15) is 4.79 Å². The van der Waals surface area contributed by atoms with Crippen molar-refractivity contribution in [1.29, 1.82) is 0 Å². The topological polar surface area (TPSA) is 41.1 Å². The number of piperidine rings is 1. The van der Waals surface area contributed by atoms with Crippen molar-refractivity contribution in [1.82, 2.24) is 10.6 Å². The fraction of sp³-hybridized carbons (Fsp3) is 0.500. The molecule has 1 aromatic rings. The van der Waals surface area contributed by atoms with Gasteiger partial charge in [0.25, 0.3) is 5.91 Å². The smallest absolute Gasteiger partial charge is 0.251 e. The first-order chi connectivity index (χ1) is 8.59. The van der Waals surface area contributed by atoms with E-state index in [2.05, 4.69) is 33.5 Å². The molecule has 3 nitrogen and oxygen atoms in total. The molecule has 1 aliphatic heterocycles. The molecule has 0 saturated carbocycles. The Bertz CT molecular complexity index is 447. The first-order valence-corrected chi connectivity index (χ1v) is 7.15. The van der Waals surface area contributed by atoms with Crippen LogP contribution in [0.1, 0.15) is 29.3 Å². The zero-order chi connectivity index (χ0) is 13.1. The standard InChI is InChI=1S/C14H19BrN2O/c1-9-6-7-16-8-13(9)17-14(18)11-4-3-5-12(15)10(11)2/h3-5,9,13,16H,6-8H2,1-2H3,(H,17,18). The number of nitrogens with one attached hydrogen (secondary N) is 2. The van der Waals surface area contributed by atoms with Crippen molar-refractivity contribution in [2.45, 2.75) is 26.3 Å². The number of carbonyl (C=O) groups is 1. The van der Waals surface area contributed by atoms with Crippen molar-refractivity contribution < 1.29 is 4.79 Å². The van der Waals surface area contributed by atoms with Gasteiger partial charge in [0.1, 0.15) is 0 Å². The molecule has 1 aliphatic rings. The molecule has 2 unspecified atom stereocenters. The molecule has 2 atom stereocenters. The number of hydrogen-bond donors (Lipinski definition) is 2. The third kappa shape index (κ3) is 2.93. The second-order valence-corrected chi connectivity index (χ2v) is 5.82. The van der Waals surface area contributed by atoms with E-state index in [0.29, 0.717) is 5.92 Å². The van der Waals surface area contributed by atoms with Gasteiger partial charge in [-0.3, -0.25) is 4.79 Å². The van der Waals surface area contributed by atoms with E-state index in [1.54, 1.807) is 0 Å². The lowest BCUT2D eigenvalue weighted by atomic mass is 9.94. The van der Waals surface area contributed by atoms with E-state index in [4.69, 9.17) is 0 Å². The Morgan fingerprint density at radius 2 is 2.28 bits per heavy atom. The molecule has 0 aliphatic carbocycles. The number of halogens is 1. The monoisotopic (exact) mass is 310 g/mol. The van der Waals surface area contributed by atoms with Gasteiger partial charge in [-0.2, -0.15) is 0 Å². The number of hydrogen-bond acceptors (Lipinski definition) is 2. The van der Waals surface area contributed by atoms with Crippen molar-refractivity contribution in [3.63, 3.8) is 0 Å². The summed E-state index contributed by atoms with van der Waals surface area (Å²) in [6, 6.07) is 5.95. The summed E-state index contributed by atoms with van der Waals surface area (Å²) in [4.78, 5) is 12.3. The molecule has 0 aromatic heterocycles. The van der Waals surface area contributed by atoms with Gasteiger partial charge < -0.3 is 10.6 Å². The van der Waals surface area contributed by atoms with Crippen LogP contribution < -0.4 is 10.6 Å². The van der Waals surface area contributed by atoms with Crippen molar-refractivity contribution in [2.75, 3.05) is 13.1 Å². The highest BCUT2D eigenvalue weighted by atomic mass is 79.9. The maximum atomic E-state index is 12.3. The third-order valence-corrected chi connectivity index (χ3v) is 4.52. The lowest BCUT2D eigenvalue weighted by molar-refractivity contribution is 0.0914. The third-order valence-electron chi connectivity index (χ3n) is 3.66. The normalized spacial score (nSPS) is 23.7. The number of carbonyl (C=O) groups excluding carboxylic acids is 1. The average Bonchev–Trinajstić information content (AvgIpc) is 2.35. The largest absolute Gasteiger partial charge is 0.348 e. The Morgan fingerprint density at radius 3 is 3.00 bits per heavy atom. The fourth-order valence-electron chi connectivity index (χ4n) is 2.28. The Morgan fingerprint density at radius 1 is 1.50 bits per heavy atom. The molecular formula is C14H19BrN2O. The molecule has 0 radical (unpaired) electrons.